The number of amidine groups is 1. The molecule has 2 aliphatic heterocycles. The number of ether oxygens (including phenoxy) is 1. The van der Waals surface area contributed by atoms with Crippen LogP contribution >= 0.6 is 23.4 Å². The van der Waals surface area contributed by atoms with Gasteiger partial charge in [-0.2, -0.15) is 0 Å². The molecule has 2 aliphatic rings. The Balaban J connectivity index is 1.62. The Morgan fingerprint density at radius 1 is 1.21 bits per heavy atom. The number of halogens is 1. The van der Waals surface area contributed by atoms with Crippen molar-refractivity contribution in [2.24, 2.45) is 4.99 Å². The van der Waals surface area contributed by atoms with E-state index < -0.39 is 0 Å². The number of hydrogen-bond donors (Lipinski definition) is 1. The molecule has 172 valence electrons. The first-order valence-electron chi connectivity index (χ1n) is 11.0. The first-order chi connectivity index (χ1) is 15.7. The predicted octanol–water partition coefficient (Wildman–Crippen LogP) is 6.65. The van der Waals surface area contributed by atoms with Crippen molar-refractivity contribution in [3.63, 3.8) is 0 Å². The van der Waals surface area contributed by atoms with Crippen LogP contribution in [0, 0.1) is 0 Å². The summed E-state index contributed by atoms with van der Waals surface area (Å²) in [6.45, 7) is 12.1. The Morgan fingerprint density at radius 3 is 2.61 bits per heavy atom. The van der Waals surface area contributed by atoms with Crippen LogP contribution in [0.15, 0.2) is 52.4 Å². The van der Waals surface area contributed by atoms with Gasteiger partial charge in [0.15, 0.2) is 5.17 Å². The fourth-order valence-electron chi connectivity index (χ4n) is 4.33. The summed E-state index contributed by atoms with van der Waals surface area (Å²) in [6.07, 6.45) is 4.12. The molecule has 0 spiro atoms. The van der Waals surface area contributed by atoms with Gasteiger partial charge in [0.1, 0.15) is 5.75 Å². The summed E-state index contributed by atoms with van der Waals surface area (Å²) in [6, 6.07) is 11.5. The van der Waals surface area contributed by atoms with Gasteiger partial charge in [0, 0.05) is 22.8 Å². The molecule has 0 saturated carbocycles. The van der Waals surface area contributed by atoms with Gasteiger partial charge in [-0.15, -0.1) is 0 Å². The number of benzene rings is 2. The lowest BCUT2D eigenvalue weighted by Crippen LogP contribution is -2.44. The molecule has 0 radical (unpaired) electrons. The maximum absolute atomic E-state index is 12.6. The summed E-state index contributed by atoms with van der Waals surface area (Å²) in [5.74, 6) is 0.614. The molecule has 1 amide bonds. The van der Waals surface area contributed by atoms with Crippen molar-refractivity contribution in [1.29, 1.82) is 0 Å². The molecule has 2 heterocycles. The van der Waals surface area contributed by atoms with Crippen molar-refractivity contribution in [2.75, 3.05) is 18.1 Å². The monoisotopic (exact) mass is 481 g/mol. The normalized spacial score (nSPS) is 19.5. The SMILES string of the molecule is CCOc1ccc(N=C2NC(=O)/C(=C\c3cc4c(cc3Cl)N(CC)C(C)(C)C=C4C)S2)cc1. The van der Waals surface area contributed by atoms with Gasteiger partial charge in [0.05, 0.1) is 22.7 Å². The Hall–Kier alpha value is -2.70. The molecular formula is C26H28ClN3O2S. The van der Waals surface area contributed by atoms with E-state index in [4.69, 9.17) is 16.3 Å². The average Bonchev–Trinajstić information content (AvgIpc) is 3.09. The molecule has 1 fully saturated rings. The van der Waals surface area contributed by atoms with Crippen molar-refractivity contribution < 1.29 is 9.53 Å². The highest BCUT2D eigenvalue weighted by atomic mass is 35.5. The standard InChI is InChI=1S/C26H28ClN3O2S/c1-6-30-22-14-21(27)17(12-20(22)16(3)15-26(30,4)5)13-23-24(31)29-25(33-23)28-18-8-10-19(11-9-18)32-7-2/h8-15H,6-7H2,1-5H3,(H,28,29,31)/b23-13+. The van der Waals surface area contributed by atoms with E-state index in [9.17, 15) is 4.79 Å². The van der Waals surface area contributed by atoms with Gasteiger partial charge >= 0.3 is 0 Å². The first kappa shape index (κ1) is 23.5. The van der Waals surface area contributed by atoms with Gasteiger partial charge < -0.3 is 15.0 Å². The minimum Gasteiger partial charge on any atom is -0.494 e. The number of amides is 1. The van der Waals surface area contributed by atoms with Crippen LogP contribution in [0.2, 0.25) is 5.02 Å². The summed E-state index contributed by atoms with van der Waals surface area (Å²) < 4.78 is 5.46. The minimum absolute atomic E-state index is 0.0808. The summed E-state index contributed by atoms with van der Waals surface area (Å²) in [5.41, 5.74) is 4.95. The largest absolute Gasteiger partial charge is 0.494 e. The van der Waals surface area contributed by atoms with Crippen molar-refractivity contribution in [3.05, 3.63) is 63.5 Å². The zero-order valence-corrected chi connectivity index (χ0v) is 21.1. The summed E-state index contributed by atoms with van der Waals surface area (Å²) in [7, 11) is 0. The number of carbonyl (C=O) groups is 1. The Bertz CT molecular complexity index is 1180. The number of hydrogen-bond acceptors (Lipinski definition) is 5. The molecular weight excluding hydrogens is 454 g/mol. The van der Waals surface area contributed by atoms with Crippen LogP contribution in [-0.2, 0) is 4.79 Å². The third-order valence-electron chi connectivity index (χ3n) is 5.73. The predicted molar refractivity (Wildman–Crippen MR) is 141 cm³/mol. The van der Waals surface area contributed by atoms with E-state index in [1.165, 1.54) is 17.3 Å². The number of carbonyl (C=O) groups excluding carboxylic acids is 1. The highest BCUT2D eigenvalue weighted by molar-refractivity contribution is 8.18. The number of rotatable bonds is 5. The highest BCUT2D eigenvalue weighted by Crippen LogP contribution is 2.42. The summed E-state index contributed by atoms with van der Waals surface area (Å²) in [5, 5.41) is 4.00. The fraction of sp³-hybridized carbons (Fsp3) is 0.308. The Morgan fingerprint density at radius 2 is 1.94 bits per heavy atom. The lowest BCUT2D eigenvalue weighted by molar-refractivity contribution is -0.115. The molecule has 4 rings (SSSR count). The van der Waals surface area contributed by atoms with Crippen LogP contribution in [0.25, 0.3) is 11.6 Å². The van der Waals surface area contributed by atoms with Gasteiger partial charge in [-0.3, -0.25) is 4.79 Å². The van der Waals surface area contributed by atoms with Crippen molar-refractivity contribution in [2.45, 2.75) is 40.2 Å². The molecule has 5 nitrogen and oxygen atoms in total. The molecule has 7 heteroatoms. The average molecular weight is 482 g/mol. The van der Waals surface area contributed by atoms with Gasteiger partial charge in [0.25, 0.3) is 5.91 Å². The molecule has 0 atom stereocenters. The molecule has 0 aliphatic carbocycles. The van der Waals surface area contributed by atoms with E-state index in [1.807, 2.05) is 43.3 Å². The maximum atomic E-state index is 12.6. The summed E-state index contributed by atoms with van der Waals surface area (Å²) >= 11 is 7.99. The topological polar surface area (TPSA) is 53.9 Å². The lowest BCUT2D eigenvalue weighted by Gasteiger charge is -2.43. The maximum Gasteiger partial charge on any atom is 0.264 e. The number of aliphatic imine (C=N–C) groups is 1. The van der Waals surface area contributed by atoms with E-state index in [2.05, 4.69) is 55.0 Å². The van der Waals surface area contributed by atoms with Crippen LogP contribution in [-0.4, -0.2) is 29.8 Å². The first-order valence-corrected chi connectivity index (χ1v) is 12.2. The van der Waals surface area contributed by atoms with Crippen molar-refractivity contribution >= 4 is 57.5 Å². The van der Waals surface area contributed by atoms with E-state index in [1.54, 1.807) is 0 Å². The van der Waals surface area contributed by atoms with Gasteiger partial charge in [-0.05, 0) is 100.0 Å². The number of fused-ring (bicyclic) bond motifs is 1. The van der Waals surface area contributed by atoms with E-state index in [-0.39, 0.29) is 11.4 Å². The highest BCUT2D eigenvalue weighted by Gasteiger charge is 2.31. The van der Waals surface area contributed by atoms with Crippen LogP contribution in [0.1, 0.15) is 45.7 Å². The zero-order valence-electron chi connectivity index (χ0n) is 19.5. The van der Waals surface area contributed by atoms with Crippen LogP contribution in [0.4, 0.5) is 11.4 Å². The van der Waals surface area contributed by atoms with E-state index in [0.717, 1.165) is 34.8 Å². The molecule has 2 aromatic rings. The van der Waals surface area contributed by atoms with Gasteiger partial charge in [0.2, 0.25) is 0 Å². The smallest absolute Gasteiger partial charge is 0.264 e. The molecule has 0 unspecified atom stereocenters. The second kappa shape index (κ2) is 9.27. The molecule has 33 heavy (non-hydrogen) atoms. The Labute approximate surface area is 204 Å². The number of nitrogens with zero attached hydrogens (tertiary/aromatic N) is 2. The van der Waals surface area contributed by atoms with Crippen LogP contribution in [0.5, 0.6) is 5.75 Å². The summed E-state index contributed by atoms with van der Waals surface area (Å²) in [4.78, 5) is 20.1. The van der Waals surface area contributed by atoms with Gasteiger partial charge in [-0.1, -0.05) is 17.7 Å². The number of nitrogens with one attached hydrogen (secondary N) is 1. The van der Waals surface area contributed by atoms with Crippen LogP contribution < -0.4 is 15.0 Å². The third-order valence-corrected chi connectivity index (χ3v) is 6.97. The van der Waals surface area contributed by atoms with Crippen molar-refractivity contribution in [3.8, 4) is 5.75 Å². The van der Waals surface area contributed by atoms with Gasteiger partial charge in [-0.25, -0.2) is 4.99 Å². The second-order valence-corrected chi connectivity index (χ2v) is 9.96. The zero-order chi connectivity index (χ0) is 23.8. The number of allylic oxidation sites excluding steroid dienone is 1. The molecule has 2 aromatic carbocycles. The van der Waals surface area contributed by atoms with E-state index >= 15 is 0 Å². The van der Waals surface area contributed by atoms with Crippen LogP contribution in [0.3, 0.4) is 0 Å². The van der Waals surface area contributed by atoms with E-state index in [0.29, 0.717) is 21.7 Å². The molecule has 0 bridgehead atoms. The molecule has 0 aromatic heterocycles. The number of thioether (sulfide) groups is 1. The number of likely N-dealkylation sites (N-methyl/N-ethyl adjacent to an activating group) is 1. The Kier molecular flexibility index (Phi) is 6.59. The molecule has 1 saturated heterocycles. The fourth-order valence-corrected chi connectivity index (χ4v) is 5.37. The van der Waals surface area contributed by atoms with Crippen molar-refractivity contribution in [1.82, 2.24) is 5.32 Å². The molecule has 1 N–H and O–H groups in total. The lowest BCUT2D eigenvalue weighted by atomic mass is 9.88. The number of anilines is 1. The second-order valence-electron chi connectivity index (χ2n) is 8.52. The third kappa shape index (κ3) is 4.82. The minimum atomic E-state index is -0.179. The quantitative estimate of drug-likeness (QED) is 0.485.